The molecule has 0 atom stereocenters. The highest BCUT2D eigenvalue weighted by Crippen LogP contribution is 2.37. The van der Waals surface area contributed by atoms with E-state index >= 15 is 0 Å². The van der Waals surface area contributed by atoms with Gasteiger partial charge in [0, 0.05) is 17.3 Å². The van der Waals surface area contributed by atoms with Crippen LogP contribution in [0.2, 0.25) is 5.02 Å². The highest BCUT2D eigenvalue weighted by molar-refractivity contribution is 9.10. The van der Waals surface area contributed by atoms with Gasteiger partial charge in [-0.3, -0.25) is 0 Å². The average Bonchev–Trinajstić information content (AvgIpc) is 3.11. The first-order chi connectivity index (χ1) is 14.5. The number of ether oxygens (including phenoxy) is 2. The number of halogens is 2. The standard InChI is InChI=1S/C22H19BrClN3O3/c1-29-20-9-14(11-25-16-6-7-18-19(10-16)27-22(28)26-18)8-17(23)21(20)30-12-13-2-4-15(24)5-3-13/h2-10,25H,11-12H2,1H3,(H2,26,27,28). The Morgan fingerprint density at radius 1 is 1.00 bits per heavy atom. The van der Waals surface area contributed by atoms with Gasteiger partial charge in [0.25, 0.3) is 0 Å². The molecule has 0 unspecified atom stereocenters. The number of aromatic nitrogens is 2. The summed E-state index contributed by atoms with van der Waals surface area (Å²) < 4.78 is 12.3. The summed E-state index contributed by atoms with van der Waals surface area (Å²) in [6.45, 7) is 0.977. The molecule has 0 amide bonds. The van der Waals surface area contributed by atoms with Crippen LogP contribution in [-0.2, 0) is 13.2 Å². The molecule has 0 fully saturated rings. The summed E-state index contributed by atoms with van der Waals surface area (Å²) in [6.07, 6.45) is 0. The van der Waals surface area contributed by atoms with Crippen LogP contribution in [0, 0.1) is 0 Å². The number of imidazole rings is 1. The Bertz CT molecular complexity index is 1230. The van der Waals surface area contributed by atoms with Crippen molar-refractivity contribution < 1.29 is 9.47 Å². The first-order valence-corrected chi connectivity index (χ1v) is 10.4. The molecule has 0 aliphatic heterocycles. The van der Waals surface area contributed by atoms with Gasteiger partial charge in [0.05, 0.1) is 22.6 Å². The molecule has 6 nitrogen and oxygen atoms in total. The minimum atomic E-state index is -0.218. The molecule has 0 saturated carbocycles. The van der Waals surface area contributed by atoms with Gasteiger partial charge in [-0.15, -0.1) is 0 Å². The van der Waals surface area contributed by atoms with Crippen molar-refractivity contribution in [2.75, 3.05) is 12.4 Å². The van der Waals surface area contributed by atoms with E-state index in [1.54, 1.807) is 7.11 Å². The highest BCUT2D eigenvalue weighted by Gasteiger charge is 2.12. The molecule has 0 radical (unpaired) electrons. The molecule has 0 aliphatic carbocycles. The molecule has 0 bridgehead atoms. The lowest BCUT2D eigenvalue weighted by molar-refractivity contribution is 0.282. The summed E-state index contributed by atoms with van der Waals surface area (Å²) in [5, 5.41) is 4.05. The van der Waals surface area contributed by atoms with E-state index in [0.29, 0.717) is 29.7 Å². The van der Waals surface area contributed by atoms with Crippen LogP contribution in [0.4, 0.5) is 5.69 Å². The number of rotatable bonds is 7. The Balaban J connectivity index is 1.47. The molecule has 0 saturated heterocycles. The van der Waals surface area contributed by atoms with Crippen molar-refractivity contribution in [1.82, 2.24) is 9.97 Å². The minimum Gasteiger partial charge on any atom is -0.493 e. The topological polar surface area (TPSA) is 79.1 Å². The molecule has 4 rings (SSSR count). The molecule has 0 spiro atoms. The fourth-order valence-corrected chi connectivity index (χ4v) is 3.83. The smallest absolute Gasteiger partial charge is 0.323 e. The van der Waals surface area contributed by atoms with E-state index < -0.39 is 0 Å². The lowest BCUT2D eigenvalue weighted by Crippen LogP contribution is -2.03. The van der Waals surface area contributed by atoms with E-state index in [9.17, 15) is 4.79 Å². The number of hydrogen-bond donors (Lipinski definition) is 3. The summed E-state index contributed by atoms with van der Waals surface area (Å²) in [4.78, 5) is 16.9. The Labute approximate surface area is 186 Å². The third-order valence-corrected chi connectivity index (χ3v) is 5.44. The van der Waals surface area contributed by atoms with Crippen LogP contribution in [0.1, 0.15) is 11.1 Å². The monoisotopic (exact) mass is 487 g/mol. The zero-order valence-electron chi connectivity index (χ0n) is 16.1. The molecular formula is C22H19BrClN3O3. The van der Waals surface area contributed by atoms with Crippen molar-refractivity contribution in [2.45, 2.75) is 13.2 Å². The summed E-state index contributed by atoms with van der Waals surface area (Å²) in [5.41, 5.74) is 4.24. The Morgan fingerprint density at radius 3 is 2.53 bits per heavy atom. The molecule has 30 heavy (non-hydrogen) atoms. The van der Waals surface area contributed by atoms with Gasteiger partial charge in [-0.1, -0.05) is 23.7 Å². The maximum atomic E-state index is 11.4. The summed E-state index contributed by atoms with van der Waals surface area (Å²) in [5.74, 6) is 1.28. The van der Waals surface area contributed by atoms with E-state index in [1.807, 2.05) is 54.6 Å². The largest absolute Gasteiger partial charge is 0.493 e. The van der Waals surface area contributed by atoms with Gasteiger partial charge >= 0.3 is 5.69 Å². The number of nitrogens with one attached hydrogen (secondary N) is 3. The van der Waals surface area contributed by atoms with Crippen LogP contribution in [0.5, 0.6) is 11.5 Å². The van der Waals surface area contributed by atoms with Crippen LogP contribution >= 0.6 is 27.5 Å². The molecule has 8 heteroatoms. The SMILES string of the molecule is COc1cc(CNc2ccc3[nH]c(=O)[nH]c3c2)cc(Br)c1OCc1ccc(Cl)cc1. The van der Waals surface area contributed by atoms with E-state index in [0.717, 1.165) is 32.3 Å². The lowest BCUT2D eigenvalue weighted by atomic mass is 10.2. The summed E-state index contributed by atoms with van der Waals surface area (Å²) >= 11 is 9.52. The van der Waals surface area contributed by atoms with Crippen molar-refractivity contribution in [2.24, 2.45) is 0 Å². The molecule has 1 aromatic heterocycles. The molecule has 1 heterocycles. The van der Waals surface area contributed by atoms with Gasteiger partial charge < -0.3 is 24.8 Å². The number of methoxy groups -OCH3 is 1. The van der Waals surface area contributed by atoms with E-state index in [4.69, 9.17) is 21.1 Å². The lowest BCUT2D eigenvalue weighted by Gasteiger charge is -2.15. The maximum absolute atomic E-state index is 11.4. The molecule has 3 N–H and O–H groups in total. The van der Waals surface area contributed by atoms with Gasteiger partial charge in [0.2, 0.25) is 0 Å². The van der Waals surface area contributed by atoms with Gasteiger partial charge in [-0.2, -0.15) is 0 Å². The van der Waals surface area contributed by atoms with E-state index in [2.05, 4.69) is 31.2 Å². The fraction of sp³-hybridized carbons (Fsp3) is 0.136. The van der Waals surface area contributed by atoms with Crippen LogP contribution in [0.15, 0.2) is 63.9 Å². The molecule has 0 aliphatic rings. The molecule has 3 aromatic carbocycles. The van der Waals surface area contributed by atoms with Gasteiger partial charge in [-0.25, -0.2) is 4.79 Å². The van der Waals surface area contributed by atoms with Crippen molar-refractivity contribution in [3.05, 3.63) is 85.7 Å². The van der Waals surface area contributed by atoms with Gasteiger partial charge in [0.1, 0.15) is 6.61 Å². The van der Waals surface area contributed by atoms with Crippen molar-refractivity contribution in [3.63, 3.8) is 0 Å². The summed E-state index contributed by atoms with van der Waals surface area (Å²) in [6, 6.07) is 17.1. The fourth-order valence-electron chi connectivity index (χ4n) is 3.10. The zero-order chi connectivity index (χ0) is 21.1. The molecular weight excluding hydrogens is 470 g/mol. The van der Waals surface area contributed by atoms with E-state index in [-0.39, 0.29) is 5.69 Å². The predicted octanol–water partition coefficient (Wildman–Crippen LogP) is 5.47. The number of aromatic amines is 2. The predicted molar refractivity (Wildman–Crippen MR) is 123 cm³/mol. The Kier molecular flexibility index (Phi) is 6.01. The average molecular weight is 489 g/mol. The zero-order valence-corrected chi connectivity index (χ0v) is 18.4. The quantitative estimate of drug-likeness (QED) is 0.322. The number of benzene rings is 3. The highest BCUT2D eigenvalue weighted by atomic mass is 79.9. The second-order valence-electron chi connectivity index (χ2n) is 6.72. The second-order valence-corrected chi connectivity index (χ2v) is 8.01. The maximum Gasteiger partial charge on any atom is 0.323 e. The van der Waals surface area contributed by atoms with Gasteiger partial charge in [0.15, 0.2) is 11.5 Å². The van der Waals surface area contributed by atoms with Gasteiger partial charge in [-0.05, 0) is 69.5 Å². The van der Waals surface area contributed by atoms with Crippen LogP contribution in [0.25, 0.3) is 11.0 Å². The number of fused-ring (bicyclic) bond motifs is 1. The Hall–Kier alpha value is -2.90. The van der Waals surface area contributed by atoms with Crippen LogP contribution in [0.3, 0.4) is 0 Å². The minimum absolute atomic E-state index is 0.218. The second kappa shape index (κ2) is 8.85. The third kappa shape index (κ3) is 4.63. The van der Waals surface area contributed by atoms with Crippen LogP contribution in [-0.4, -0.2) is 17.1 Å². The number of H-pyrrole nitrogens is 2. The first kappa shape index (κ1) is 20.4. The van der Waals surface area contributed by atoms with Crippen molar-refractivity contribution in [1.29, 1.82) is 0 Å². The third-order valence-electron chi connectivity index (χ3n) is 4.60. The van der Waals surface area contributed by atoms with Crippen molar-refractivity contribution >= 4 is 44.3 Å². The number of hydrogen-bond acceptors (Lipinski definition) is 4. The molecule has 4 aromatic rings. The number of anilines is 1. The molecule has 154 valence electrons. The van der Waals surface area contributed by atoms with Crippen molar-refractivity contribution in [3.8, 4) is 11.5 Å². The normalized spacial score (nSPS) is 10.9. The Morgan fingerprint density at radius 2 is 1.77 bits per heavy atom. The first-order valence-electron chi connectivity index (χ1n) is 9.21. The summed E-state index contributed by atoms with van der Waals surface area (Å²) in [7, 11) is 1.62. The van der Waals surface area contributed by atoms with E-state index in [1.165, 1.54) is 0 Å². The van der Waals surface area contributed by atoms with Crippen LogP contribution < -0.4 is 20.5 Å².